The predicted molar refractivity (Wildman–Crippen MR) is 55.0 cm³/mol. The highest BCUT2D eigenvalue weighted by molar-refractivity contribution is 8.25. The molecule has 0 amide bonds. The molecule has 1 radical (unpaired) electrons. The van der Waals surface area contributed by atoms with Gasteiger partial charge in [0.1, 0.15) is 0 Å². The van der Waals surface area contributed by atoms with E-state index in [0.29, 0.717) is 5.75 Å². The van der Waals surface area contributed by atoms with Crippen molar-refractivity contribution in [3.8, 4) is 0 Å². The molecule has 4 heteroatoms. The molecule has 0 saturated carbocycles. The zero-order valence-corrected chi connectivity index (χ0v) is 8.00. The van der Waals surface area contributed by atoms with E-state index in [0.717, 1.165) is 18.7 Å². The summed E-state index contributed by atoms with van der Waals surface area (Å²) < 4.78 is 21.0. The van der Waals surface area contributed by atoms with Crippen LogP contribution in [0.25, 0.3) is 0 Å². The summed E-state index contributed by atoms with van der Waals surface area (Å²) in [7, 11) is -2.52. The van der Waals surface area contributed by atoms with Crippen molar-refractivity contribution in [2.75, 3.05) is 16.6 Å². The van der Waals surface area contributed by atoms with Gasteiger partial charge in [-0.2, -0.15) is 0 Å². The quantitative estimate of drug-likeness (QED) is 0.728. The molecule has 0 spiro atoms. The van der Waals surface area contributed by atoms with Gasteiger partial charge >= 0.3 is 0 Å². The van der Waals surface area contributed by atoms with Crippen LogP contribution in [0, 0.1) is 6.07 Å². The molecule has 1 aromatic rings. The summed E-state index contributed by atoms with van der Waals surface area (Å²) in [6.45, 7) is 0.729. The van der Waals surface area contributed by atoms with Crippen LogP contribution in [0.15, 0.2) is 24.3 Å². The molecule has 71 valence electrons. The molecule has 1 aliphatic rings. The molecule has 2 rings (SSSR count). The van der Waals surface area contributed by atoms with Gasteiger partial charge in [0, 0.05) is 6.54 Å². The summed E-state index contributed by atoms with van der Waals surface area (Å²) in [4.78, 5) is 0. The van der Waals surface area contributed by atoms with E-state index in [1.54, 1.807) is 16.4 Å². The molecular weight excluding hydrogens is 186 g/mol. The van der Waals surface area contributed by atoms with Crippen LogP contribution in [0.4, 0.5) is 5.69 Å². The first-order valence-corrected chi connectivity index (χ1v) is 5.87. The Bertz CT molecular complexity index is 289. The topological polar surface area (TPSA) is 43.7 Å². The van der Waals surface area contributed by atoms with Gasteiger partial charge in [0.2, 0.25) is 0 Å². The van der Waals surface area contributed by atoms with Crippen molar-refractivity contribution in [2.45, 2.75) is 6.42 Å². The molecular formula is C9H12NO2S. The summed E-state index contributed by atoms with van der Waals surface area (Å²) in [5, 5.41) is 0. The normalized spacial score (nSPS) is 23.1. The average molecular weight is 198 g/mol. The molecule has 0 unspecified atom stereocenters. The van der Waals surface area contributed by atoms with Gasteiger partial charge in [-0.05, 0) is 24.6 Å². The van der Waals surface area contributed by atoms with Crippen LogP contribution in [0.2, 0.25) is 0 Å². The van der Waals surface area contributed by atoms with E-state index in [1.807, 2.05) is 12.1 Å². The summed E-state index contributed by atoms with van der Waals surface area (Å²) in [5.41, 5.74) is 0.872. The Kier molecular flexibility index (Phi) is 2.19. The molecule has 13 heavy (non-hydrogen) atoms. The van der Waals surface area contributed by atoms with Gasteiger partial charge in [-0.3, -0.25) is 13.4 Å². The number of nitrogens with zero attached hydrogens (tertiary/aromatic N) is 1. The first-order valence-electron chi connectivity index (χ1n) is 4.20. The Morgan fingerprint density at radius 3 is 2.54 bits per heavy atom. The van der Waals surface area contributed by atoms with Crippen molar-refractivity contribution in [3.05, 3.63) is 30.3 Å². The predicted octanol–water partition coefficient (Wildman–Crippen LogP) is 2.36. The van der Waals surface area contributed by atoms with E-state index in [1.165, 1.54) is 0 Å². The zero-order valence-electron chi connectivity index (χ0n) is 7.18. The van der Waals surface area contributed by atoms with Gasteiger partial charge in [-0.1, -0.05) is 12.1 Å². The first kappa shape index (κ1) is 8.87. The van der Waals surface area contributed by atoms with Gasteiger partial charge in [-0.25, -0.2) is 0 Å². The number of benzene rings is 1. The summed E-state index contributed by atoms with van der Waals surface area (Å²) in [5.74, 6) is 0.492. The second-order valence-electron chi connectivity index (χ2n) is 3.05. The average Bonchev–Trinajstić information content (AvgIpc) is 2.47. The summed E-state index contributed by atoms with van der Waals surface area (Å²) >= 11 is 0. The lowest BCUT2D eigenvalue weighted by atomic mass is 10.3. The van der Waals surface area contributed by atoms with Gasteiger partial charge in [0.05, 0.1) is 11.4 Å². The molecule has 2 N–H and O–H groups in total. The van der Waals surface area contributed by atoms with Crippen LogP contribution in [0.5, 0.6) is 0 Å². The molecule has 0 atom stereocenters. The van der Waals surface area contributed by atoms with Crippen LogP contribution in [0.3, 0.4) is 0 Å². The molecule has 1 saturated heterocycles. The Hall–Kier alpha value is -0.710. The van der Waals surface area contributed by atoms with Crippen LogP contribution >= 0.6 is 10.8 Å². The number of rotatable bonds is 1. The number of anilines is 1. The fourth-order valence-electron chi connectivity index (χ4n) is 1.50. The molecule has 3 nitrogen and oxygen atoms in total. The molecule has 0 aliphatic carbocycles. The maximum Gasteiger partial charge on any atom is 0.0596 e. The number of hydrogen-bond donors (Lipinski definition) is 2. The number of hydrogen-bond acceptors (Lipinski definition) is 3. The van der Waals surface area contributed by atoms with Crippen molar-refractivity contribution in [1.82, 2.24) is 0 Å². The third-order valence-corrected chi connectivity index (χ3v) is 4.06. The molecule has 1 aliphatic heterocycles. The van der Waals surface area contributed by atoms with Crippen LogP contribution in [0.1, 0.15) is 6.42 Å². The highest BCUT2D eigenvalue weighted by Gasteiger charge is 2.28. The fraction of sp³-hybridized carbons (Fsp3) is 0.333. The minimum Gasteiger partial charge on any atom is -0.282 e. The highest BCUT2D eigenvalue weighted by atomic mass is 32.3. The smallest absolute Gasteiger partial charge is 0.0596 e. The molecule has 0 bridgehead atoms. The van der Waals surface area contributed by atoms with Crippen molar-refractivity contribution in [2.24, 2.45) is 0 Å². The molecule has 0 aromatic heterocycles. The molecule has 1 aromatic carbocycles. The Morgan fingerprint density at radius 1 is 1.31 bits per heavy atom. The molecule has 1 heterocycles. The minimum absolute atomic E-state index is 0.492. The standard InChI is InChI=1S/C9H12NO2S/c11-13(12)8-4-7-10(13)9-5-2-1-3-6-9/h2-3,5-6,11-12H,4,7-8H2. The van der Waals surface area contributed by atoms with Crippen LogP contribution in [-0.4, -0.2) is 21.4 Å². The van der Waals surface area contributed by atoms with Crippen LogP contribution in [-0.2, 0) is 0 Å². The second kappa shape index (κ2) is 3.21. The monoisotopic (exact) mass is 198 g/mol. The third-order valence-electron chi connectivity index (χ3n) is 2.12. The zero-order chi connectivity index (χ0) is 9.31. The van der Waals surface area contributed by atoms with E-state index >= 15 is 0 Å². The lowest BCUT2D eigenvalue weighted by Crippen LogP contribution is -2.21. The Labute approximate surface area is 79.5 Å². The lowest BCUT2D eigenvalue weighted by Gasteiger charge is -2.38. The highest BCUT2D eigenvalue weighted by Crippen LogP contribution is 2.50. The lowest BCUT2D eigenvalue weighted by molar-refractivity contribution is 0.491. The third kappa shape index (κ3) is 1.65. The van der Waals surface area contributed by atoms with Gasteiger partial charge < -0.3 is 0 Å². The van der Waals surface area contributed by atoms with Crippen molar-refractivity contribution in [3.63, 3.8) is 0 Å². The van der Waals surface area contributed by atoms with Crippen molar-refractivity contribution in [1.29, 1.82) is 0 Å². The van der Waals surface area contributed by atoms with E-state index < -0.39 is 10.8 Å². The summed E-state index contributed by atoms with van der Waals surface area (Å²) in [6.07, 6.45) is 0.848. The maximum absolute atomic E-state index is 9.66. The fourth-order valence-corrected chi connectivity index (χ4v) is 3.12. The largest absolute Gasteiger partial charge is 0.282 e. The Balaban J connectivity index is 2.27. The van der Waals surface area contributed by atoms with Gasteiger partial charge in [0.15, 0.2) is 0 Å². The van der Waals surface area contributed by atoms with E-state index in [4.69, 9.17) is 0 Å². The van der Waals surface area contributed by atoms with Gasteiger partial charge in [-0.15, -0.1) is 10.8 Å². The van der Waals surface area contributed by atoms with E-state index in [2.05, 4.69) is 6.07 Å². The Morgan fingerprint density at radius 2 is 2.00 bits per heavy atom. The van der Waals surface area contributed by atoms with E-state index in [9.17, 15) is 9.11 Å². The second-order valence-corrected chi connectivity index (χ2v) is 5.16. The SMILES string of the molecule is OS1(O)CCCN1c1cc[c]cc1. The minimum atomic E-state index is -2.52. The summed E-state index contributed by atoms with van der Waals surface area (Å²) in [6, 6.07) is 10.2. The molecule has 1 fully saturated rings. The van der Waals surface area contributed by atoms with E-state index in [-0.39, 0.29) is 0 Å². The van der Waals surface area contributed by atoms with Gasteiger partial charge in [0.25, 0.3) is 0 Å². The maximum atomic E-state index is 9.66. The van der Waals surface area contributed by atoms with Crippen molar-refractivity contribution < 1.29 is 9.11 Å². The van der Waals surface area contributed by atoms with Crippen molar-refractivity contribution >= 4 is 16.5 Å². The first-order chi connectivity index (χ1) is 6.20. The van der Waals surface area contributed by atoms with Crippen LogP contribution < -0.4 is 4.31 Å².